The van der Waals surface area contributed by atoms with Gasteiger partial charge in [0.2, 0.25) is 0 Å². The molecule has 0 spiro atoms. The molecule has 1 aliphatic heterocycles. The van der Waals surface area contributed by atoms with Crippen LogP contribution in [0.25, 0.3) is 5.65 Å². The summed E-state index contributed by atoms with van der Waals surface area (Å²) in [5.74, 6) is -1.95. The number of anilines is 2. The number of fused-ring (bicyclic) bond motifs is 1. The van der Waals surface area contributed by atoms with E-state index >= 15 is 0 Å². The van der Waals surface area contributed by atoms with Gasteiger partial charge in [0.1, 0.15) is 11.2 Å². The Hall–Kier alpha value is -3.99. The summed E-state index contributed by atoms with van der Waals surface area (Å²) in [7, 11) is 0. The molecule has 0 unspecified atom stereocenters. The lowest BCUT2D eigenvalue weighted by Gasteiger charge is -2.29. The van der Waals surface area contributed by atoms with E-state index in [4.69, 9.17) is 17.5 Å². The van der Waals surface area contributed by atoms with Gasteiger partial charge in [0.25, 0.3) is 17.9 Å². The number of nitrogens with zero attached hydrogens (tertiary/aromatic N) is 5. The zero-order chi connectivity index (χ0) is 26.7. The number of halogens is 6. The summed E-state index contributed by atoms with van der Waals surface area (Å²) in [6.07, 6.45) is -6.98. The maximum Gasteiger partial charge on any atom is 0.417 e. The molecule has 0 bridgehead atoms. The third-order valence-electron chi connectivity index (χ3n) is 5.56. The van der Waals surface area contributed by atoms with E-state index in [2.05, 4.69) is 4.98 Å². The predicted octanol–water partition coefficient (Wildman–Crippen LogP) is 4.58. The van der Waals surface area contributed by atoms with Crippen molar-refractivity contribution in [3.05, 3.63) is 69.5 Å². The quantitative estimate of drug-likeness (QED) is 0.368. The minimum atomic E-state index is -4.90. The molecule has 186 valence electrons. The van der Waals surface area contributed by atoms with Crippen molar-refractivity contribution in [1.29, 1.82) is 5.26 Å². The highest BCUT2D eigenvalue weighted by atomic mass is 32.1. The Morgan fingerprint density at radius 3 is 2.36 bits per heavy atom. The van der Waals surface area contributed by atoms with Crippen LogP contribution in [0, 0.1) is 17.1 Å². The first kappa shape index (κ1) is 25.1. The zero-order valence-corrected chi connectivity index (χ0v) is 19.1. The number of aromatic nitrogens is 2. The molecule has 7 nitrogen and oxygen atoms in total. The molecule has 2 aromatic heterocycles. The number of benzene rings is 1. The molecule has 14 heteroatoms. The van der Waals surface area contributed by atoms with E-state index in [1.54, 1.807) is 0 Å². The molecule has 1 amide bonds. The predicted molar refractivity (Wildman–Crippen MR) is 119 cm³/mol. The van der Waals surface area contributed by atoms with Crippen LogP contribution < -0.4 is 15.4 Å². The number of alkyl halides is 5. The van der Waals surface area contributed by atoms with Gasteiger partial charge >= 0.3 is 6.18 Å². The third-order valence-corrected chi connectivity index (χ3v) is 5.92. The van der Waals surface area contributed by atoms with Crippen molar-refractivity contribution < 1.29 is 31.1 Å². The fourth-order valence-corrected chi connectivity index (χ4v) is 4.38. The summed E-state index contributed by atoms with van der Waals surface area (Å²) in [6, 6.07) is 5.39. The van der Waals surface area contributed by atoms with Gasteiger partial charge in [-0.15, -0.1) is 0 Å². The van der Waals surface area contributed by atoms with E-state index in [1.807, 2.05) is 0 Å². The number of carbonyl (C=O) groups excluding carboxylic acids is 1. The van der Waals surface area contributed by atoms with Gasteiger partial charge < -0.3 is 4.90 Å². The van der Waals surface area contributed by atoms with Crippen LogP contribution in [-0.2, 0) is 11.0 Å². The molecule has 1 aliphatic rings. The van der Waals surface area contributed by atoms with Crippen molar-refractivity contribution in [1.82, 2.24) is 9.38 Å². The largest absolute Gasteiger partial charge is 0.417 e. The van der Waals surface area contributed by atoms with E-state index in [1.165, 1.54) is 19.9 Å². The molecule has 0 aliphatic carbocycles. The minimum Gasteiger partial charge on any atom is -0.302 e. The van der Waals surface area contributed by atoms with Gasteiger partial charge in [0, 0.05) is 18.3 Å². The summed E-state index contributed by atoms with van der Waals surface area (Å²) in [4.78, 5) is 31.0. The van der Waals surface area contributed by atoms with Gasteiger partial charge in [-0.2, -0.15) is 18.4 Å². The van der Waals surface area contributed by atoms with Crippen LogP contribution >= 0.6 is 12.2 Å². The standard InChI is InChI=1S/C22H13F6N5O2S/c1-21(2)19(35)32(11-4-3-10(8-29)13(5-11)22(26,27)28)20(36)33(21)12-6-14(23)18-30-15(17(24)25)7-16(34)31(18)9-12/h3-7,9,17H,1-2H3. The summed E-state index contributed by atoms with van der Waals surface area (Å²) >= 11 is 5.36. The number of hydrogen-bond acceptors (Lipinski definition) is 5. The molecular weight excluding hydrogens is 512 g/mol. The van der Waals surface area contributed by atoms with Crippen molar-refractivity contribution in [2.45, 2.75) is 32.0 Å². The fraction of sp³-hybridized carbons (Fsp3) is 0.227. The summed E-state index contributed by atoms with van der Waals surface area (Å²) < 4.78 is 82.0. The number of thiocarbonyl (C=S) groups is 1. The van der Waals surface area contributed by atoms with E-state index in [0.29, 0.717) is 16.5 Å². The molecule has 3 heterocycles. The molecule has 0 saturated carbocycles. The van der Waals surface area contributed by atoms with Crippen molar-refractivity contribution >= 4 is 40.3 Å². The highest BCUT2D eigenvalue weighted by molar-refractivity contribution is 7.81. The molecule has 1 saturated heterocycles. The lowest BCUT2D eigenvalue weighted by atomic mass is 10.0. The average molecular weight is 525 g/mol. The van der Waals surface area contributed by atoms with Gasteiger partial charge in [-0.1, -0.05) is 0 Å². The first-order valence-electron chi connectivity index (χ1n) is 9.99. The van der Waals surface area contributed by atoms with Crippen molar-refractivity contribution in [3.8, 4) is 6.07 Å². The Bertz CT molecular complexity index is 1540. The molecule has 0 N–H and O–H groups in total. The number of carbonyl (C=O) groups is 1. The van der Waals surface area contributed by atoms with Gasteiger partial charge in [0.05, 0.1) is 28.6 Å². The van der Waals surface area contributed by atoms with Crippen LogP contribution in [0.2, 0.25) is 0 Å². The van der Waals surface area contributed by atoms with Crippen molar-refractivity contribution in [2.24, 2.45) is 0 Å². The first-order chi connectivity index (χ1) is 16.7. The van der Waals surface area contributed by atoms with Gasteiger partial charge in [-0.3, -0.25) is 18.9 Å². The first-order valence-corrected chi connectivity index (χ1v) is 10.4. The van der Waals surface area contributed by atoms with Crippen LogP contribution in [0.4, 0.5) is 37.7 Å². The van der Waals surface area contributed by atoms with Crippen LogP contribution in [0.1, 0.15) is 37.1 Å². The Labute approximate surface area is 203 Å². The smallest absolute Gasteiger partial charge is 0.302 e. The lowest BCUT2D eigenvalue weighted by Crippen LogP contribution is -2.44. The molecule has 4 rings (SSSR count). The lowest BCUT2D eigenvalue weighted by molar-refractivity contribution is -0.137. The average Bonchev–Trinajstić information content (AvgIpc) is 2.96. The highest BCUT2D eigenvalue weighted by Crippen LogP contribution is 2.39. The third kappa shape index (κ3) is 3.85. The Morgan fingerprint density at radius 2 is 1.78 bits per heavy atom. The summed E-state index contributed by atoms with van der Waals surface area (Å²) in [5.41, 5.74) is -6.57. The van der Waals surface area contributed by atoms with E-state index in [0.717, 1.165) is 34.2 Å². The van der Waals surface area contributed by atoms with Crippen molar-refractivity contribution in [2.75, 3.05) is 9.80 Å². The number of pyridine rings is 1. The number of hydrogen-bond donors (Lipinski definition) is 0. The molecule has 3 aromatic rings. The normalized spacial score (nSPS) is 15.8. The molecule has 0 atom stereocenters. The zero-order valence-electron chi connectivity index (χ0n) is 18.3. The molecule has 36 heavy (non-hydrogen) atoms. The van der Waals surface area contributed by atoms with Crippen molar-refractivity contribution in [3.63, 3.8) is 0 Å². The Kier molecular flexibility index (Phi) is 5.79. The minimum absolute atomic E-state index is 0.149. The second-order valence-electron chi connectivity index (χ2n) is 8.22. The molecule has 1 aromatic carbocycles. The van der Waals surface area contributed by atoms with Gasteiger partial charge in [-0.05, 0) is 44.3 Å². The van der Waals surface area contributed by atoms with E-state index in [-0.39, 0.29) is 16.5 Å². The summed E-state index contributed by atoms with van der Waals surface area (Å²) in [5, 5.41) is 8.68. The topological polar surface area (TPSA) is 81.7 Å². The van der Waals surface area contributed by atoms with Crippen LogP contribution in [0.3, 0.4) is 0 Å². The monoisotopic (exact) mass is 525 g/mol. The van der Waals surface area contributed by atoms with E-state index in [9.17, 15) is 35.9 Å². The maximum absolute atomic E-state index is 14.9. The Balaban J connectivity index is 1.86. The molecular formula is C22H13F6N5O2S. The number of nitriles is 1. The van der Waals surface area contributed by atoms with Crippen LogP contribution in [-0.4, -0.2) is 25.9 Å². The van der Waals surface area contributed by atoms with E-state index < -0.39 is 57.9 Å². The highest BCUT2D eigenvalue weighted by Gasteiger charge is 2.51. The second-order valence-corrected chi connectivity index (χ2v) is 8.58. The van der Waals surface area contributed by atoms with Crippen LogP contribution in [0.5, 0.6) is 0 Å². The Morgan fingerprint density at radius 1 is 1.11 bits per heavy atom. The van der Waals surface area contributed by atoms with Gasteiger partial charge in [0.15, 0.2) is 16.6 Å². The fourth-order valence-electron chi connectivity index (χ4n) is 3.86. The number of amides is 1. The molecule has 1 fully saturated rings. The molecule has 0 radical (unpaired) electrons. The SMILES string of the molecule is CC1(C)C(=O)N(c2ccc(C#N)c(C(F)(F)F)c2)C(=S)N1c1cc(F)c2nc(C(F)F)cc(=O)n2c1. The van der Waals surface area contributed by atoms with Gasteiger partial charge in [-0.25, -0.2) is 18.2 Å². The number of rotatable bonds is 3. The second kappa shape index (κ2) is 8.30. The maximum atomic E-state index is 14.9. The van der Waals surface area contributed by atoms with Crippen LogP contribution in [0.15, 0.2) is 41.3 Å². The summed E-state index contributed by atoms with van der Waals surface area (Å²) in [6.45, 7) is 2.75.